The van der Waals surface area contributed by atoms with E-state index in [-0.39, 0.29) is 65.8 Å². The van der Waals surface area contributed by atoms with Crippen LogP contribution in [0.1, 0.15) is 92.4 Å². The number of rotatable bonds is 12. The summed E-state index contributed by atoms with van der Waals surface area (Å²) in [5.41, 5.74) is 0.983. The number of epoxide rings is 1. The van der Waals surface area contributed by atoms with Crippen molar-refractivity contribution in [3.63, 3.8) is 0 Å². The third-order valence-electron chi connectivity index (χ3n) is 9.96. The van der Waals surface area contributed by atoms with Gasteiger partial charge < -0.3 is 34.5 Å². The summed E-state index contributed by atoms with van der Waals surface area (Å²) >= 11 is 0. The molecule has 4 rings (SSSR count). The Balaban J connectivity index is 1.21. The summed E-state index contributed by atoms with van der Waals surface area (Å²) in [5.74, 6) is -0.257. The predicted molar refractivity (Wildman–Crippen MR) is 177 cm³/mol. The van der Waals surface area contributed by atoms with Crippen molar-refractivity contribution in [1.82, 2.24) is 15.5 Å². The van der Waals surface area contributed by atoms with Gasteiger partial charge in [-0.15, -0.1) is 0 Å². The molecule has 1 aliphatic carbocycles. The molecule has 3 saturated heterocycles. The van der Waals surface area contributed by atoms with E-state index in [9.17, 15) is 14.4 Å². The molecule has 0 aromatic carbocycles. The standard InChI is InChI=1S/C36H57N3O7/c1-23(9-16-33-24(2)18-32(26(4)45-33)38-34(41)17-10-25(3)44-27(5)40)8-15-30-20-36(22-43-36)21-31(46-30)19-35(42)37-28-11-13-29(14-12-28)39(6)7/h8-10,15,17,24-26,28-33H,11-14,16,18-22H2,1-7H3,(H,37,42)(H,38,41)/b15-8+,17-10-,23-9+/t24-,25-,26+,28?,29?,30+,31+,32+,33-,36+/m0/s1. The Labute approximate surface area is 275 Å². The number of carbonyl (C=O) groups is 3. The molecule has 258 valence electrons. The van der Waals surface area contributed by atoms with Gasteiger partial charge in [0.05, 0.1) is 49.1 Å². The van der Waals surface area contributed by atoms with Gasteiger partial charge in [0.1, 0.15) is 6.10 Å². The summed E-state index contributed by atoms with van der Waals surface area (Å²) in [5, 5.41) is 6.30. The Hall–Kier alpha value is -2.53. The fraction of sp³-hybridized carbons (Fsp3) is 0.750. The molecule has 4 fully saturated rings. The normalized spacial score (nSPS) is 35.8. The summed E-state index contributed by atoms with van der Waals surface area (Å²) in [6.45, 7) is 10.0. The SMILES string of the molecule is CC(=O)O[C@@H](C)/C=C\C(=O)N[C@@H]1C[C@H](C)[C@H](C/C=C(C)/C=C/[C@@H]2C[C@]3(CO3)C[C@@H](CC(=O)NC3CCC(N(C)C)CC3)O2)O[C@@H]1C. The molecule has 8 atom stereocenters. The van der Waals surface area contributed by atoms with Gasteiger partial charge in [-0.25, -0.2) is 0 Å². The van der Waals surface area contributed by atoms with Crippen LogP contribution >= 0.6 is 0 Å². The third-order valence-corrected chi connectivity index (χ3v) is 9.96. The summed E-state index contributed by atoms with van der Waals surface area (Å²) in [6, 6.07) is 0.780. The zero-order valence-electron chi connectivity index (χ0n) is 29.0. The highest BCUT2D eigenvalue weighted by Crippen LogP contribution is 2.43. The zero-order chi connectivity index (χ0) is 33.4. The molecule has 10 heteroatoms. The molecule has 1 spiro atoms. The largest absolute Gasteiger partial charge is 0.459 e. The van der Waals surface area contributed by atoms with Crippen molar-refractivity contribution in [2.75, 3.05) is 20.7 Å². The highest BCUT2D eigenvalue weighted by Gasteiger charge is 2.51. The minimum absolute atomic E-state index is 0.0564. The van der Waals surface area contributed by atoms with Crippen molar-refractivity contribution < 1.29 is 33.3 Å². The first-order chi connectivity index (χ1) is 21.8. The lowest BCUT2D eigenvalue weighted by atomic mass is 9.88. The van der Waals surface area contributed by atoms with Crippen molar-refractivity contribution in [1.29, 1.82) is 0 Å². The van der Waals surface area contributed by atoms with Crippen LogP contribution in [-0.4, -0.2) is 97.6 Å². The molecule has 1 saturated carbocycles. The first-order valence-corrected chi connectivity index (χ1v) is 17.2. The number of esters is 1. The molecule has 2 amide bonds. The topological polar surface area (TPSA) is 119 Å². The minimum Gasteiger partial charge on any atom is -0.459 e. The number of nitrogens with zero attached hydrogens (tertiary/aromatic N) is 1. The molecule has 3 heterocycles. The van der Waals surface area contributed by atoms with Gasteiger partial charge in [0.25, 0.3) is 0 Å². The summed E-state index contributed by atoms with van der Waals surface area (Å²) in [7, 11) is 4.26. The van der Waals surface area contributed by atoms with Gasteiger partial charge in [0, 0.05) is 37.9 Å². The van der Waals surface area contributed by atoms with E-state index in [1.54, 1.807) is 13.0 Å². The van der Waals surface area contributed by atoms with Gasteiger partial charge in [-0.3, -0.25) is 14.4 Å². The highest BCUT2D eigenvalue weighted by atomic mass is 16.6. The van der Waals surface area contributed by atoms with Crippen molar-refractivity contribution >= 4 is 17.8 Å². The highest BCUT2D eigenvalue weighted by molar-refractivity contribution is 5.87. The minimum atomic E-state index is -0.459. The number of hydrogen-bond acceptors (Lipinski definition) is 8. The molecule has 3 aliphatic heterocycles. The Morgan fingerprint density at radius 1 is 1.02 bits per heavy atom. The van der Waals surface area contributed by atoms with Gasteiger partial charge in [-0.1, -0.05) is 30.7 Å². The van der Waals surface area contributed by atoms with E-state index in [1.165, 1.54) is 13.0 Å². The first-order valence-electron chi connectivity index (χ1n) is 17.2. The number of hydrogen-bond donors (Lipinski definition) is 2. The monoisotopic (exact) mass is 643 g/mol. The van der Waals surface area contributed by atoms with Crippen LogP contribution in [0.4, 0.5) is 0 Å². The number of ether oxygens (including phenoxy) is 4. The Morgan fingerprint density at radius 3 is 2.39 bits per heavy atom. The lowest BCUT2D eigenvalue weighted by Gasteiger charge is -2.39. The van der Waals surface area contributed by atoms with Crippen LogP contribution in [0.5, 0.6) is 0 Å². The number of allylic oxidation sites excluding steroid dienone is 2. The van der Waals surface area contributed by atoms with Gasteiger partial charge >= 0.3 is 5.97 Å². The number of nitrogens with one attached hydrogen (secondary N) is 2. The first kappa shape index (κ1) is 36.3. The van der Waals surface area contributed by atoms with Crippen molar-refractivity contribution in [2.45, 2.75) is 147 Å². The maximum atomic E-state index is 12.9. The molecule has 10 nitrogen and oxygen atoms in total. The fourth-order valence-corrected chi connectivity index (χ4v) is 7.11. The second-order valence-corrected chi connectivity index (χ2v) is 14.3. The molecule has 0 aromatic rings. The third kappa shape index (κ3) is 11.3. The average molecular weight is 644 g/mol. The maximum Gasteiger partial charge on any atom is 0.303 e. The van der Waals surface area contributed by atoms with E-state index in [2.05, 4.69) is 61.7 Å². The van der Waals surface area contributed by atoms with Crippen LogP contribution in [-0.2, 0) is 33.3 Å². The number of amides is 2. The van der Waals surface area contributed by atoms with Crippen molar-refractivity contribution in [3.05, 3.63) is 36.0 Å². The van der Waals surface area contributed by atoms with Gasteiger partial charge in [-0.2, -0.15) is 0 Å². The average Bonchev–Trinajstić information content (AvgIpc) is 3.72. The van der Waals surface area contributed by atoms with Gasteiger partial charge in [0.15, 0.2) is 0 Å². The van der Waals surface area contributed by atoms with Crippen molar-refractivity contribution in [3.8, 4) is 0 Å². The van der Waals surface area contributed by atoms with E-state index in [4.69, 9.17) is 18.9 Å². The van der Waals surface area contributed by atoms with Crippen LogP contribution < -0.4 is 10.6 Å². The molecule has 4 aliphatic rings. The lowest BCUT2D eigenvalue weighted by molar-refractivity contribution is -0.143. The molecule has 0 aromatic heterocycles. The molecule has 0 unspecified atom stereocenters. The smallest absolute Gasteiger partial charge is 0.303 e. The van der Waals surface area contributed by atoms with E-state index in [1.807, 2.05) is 6.92 Å². The van der Waals surface area contributed by atoms with E-state index >= 15 is 0 Å². The van der Waals surface area contributed by atoms with Crippen LogP contribution in [0.2, 0.25) is 0 Å². The van der Waals surface area contributed by atoms with Crippen LogP contribution in [0.25, 0.3) is 0 Å². The van der Waals surface area contributed by atoms with Crippen LogP contribution in [0.3, 0.4) is 0 Å². The predicted octanol–water partition coefficient (Wildman–Crippen LogP) is 4.38. The van der Waals surface area contributed by atoms with Gasteiger partial charge in [-0.05, 0) is 85.4 Å². The number of carbonyl (C=O) groups excluding carboxylic acids is 3. The van der Waals surface area contributed by atoms with E-state index in [0.29, 0.717) is 12.5 Å². The molecule has 46 heavy (non-hydrogen) atoms. The second kappa shape index (κ2) is 16.5. The Morgan fingerprint density at radius 2 is 1.74 bits per heavy atom. The molecule has 2 N–H and O–H groups in total. The van der Waals surface area contributed by atoms with Crippen LogP contribution in [0.15, 0.2) is 36.0 Å². The molecular formula is C36H57N3O7. The second-order valence-electron chi connectivity index (χ2n) is 14.3. The van der Waals surface area contributed by atoms with E-state index in [0.717, 1.165) is 63.5 Å². The molecular weight excluding hydrogens is 586 g/mol. The van der Waals surface area contributed by atoms with Gasteiger partial charge in [0.2, 0.25) is 11.8 Å². The summed E-state index contributed by atoms with van der Waals surface area (Å²) < 4.78 is 23.6. The molecule has 0 radical (unpaired) electrons. The molecule has 0 bridgehead atoms. The Kier molecular flexibility index (Phi) is 13.0. The van der Waals surface area contributed by atoms with E-state index < -0.39 is 6.10 Å². The Bertz CT molecular complexity index is 1140. The zero-order valence-corrected chi connectivity index (χ0v) is 29.0. The summed E-state index contributed by atoms with van der Waals surface area (Å²) in [4.78, 5) is 38.7. The fourth-order valence-electron chi connectivity index (χ4n) is 7.11. The summed E-state index contributed by atoms with van der Waals surface area (Å²) in [6.07, 6.45) is 16.5. The lowest BCUT2D eigenvalue weighted by Crippen LogP contribution is -2.50. The van der Waals surface area contributed by atoms with Crippen LogP contribution in [0, 0.1) is 5.92 Å². The maximum absolute atomic E-state index is 12.9. The quantitative estimate of drug-likeness (QED) is 0.139. The van der Waals surface area contributed by atoms with Crippen molar-refractivity contribution in [2.24, 2.45) is 5.92 Å².